The van der Waals surface area contributed by atoms with E-state index in [1.807, 2.05) is 32.0 Å². The molecule has 0 atom stereocenters. The van der Waals surface area contributed by atoms with Gasteiger partial charge >= 0.3 is 5.97 Å². The van der Waals surface area contributed by atoms with Crippen molar-refractivity contribution >= 4 is 18.1 Å². The monoisotopic (exact) mass is 362 g/mol. The lowest BCUT2D eigenvalue weighted by atomic mass is 10.0. The van der Waals surface area contributed by atoms with E-state index in [9.17, 15) is 9.59 Å². The molecule has 1 heterocycles. The van der Waals surface area contributed by atoms with Gasteiger partial charge in [0.1, 0.15) is 5.69 Å². The number of carboxylic acid groups (broad SMARTS) is 1. The van der Waals surface area contributed by atoms with Crippen molar-refractivity contribution in [2.45, 2.75) is 13.8 Å². The zero-order valence-corrected chi connectivity index (χ0v) is 14.9. The number of carboxylic acids is 1. The average Bonchev–Trinajstić information content (AvgIpc) is 3.14. The molecule has 7 nitrogen and oxygen atoms in total. The molecule has 1 aromatic heterocycles. The quantitative estimate of drug-likeness (QED) is 0.478. The Bertz CT molecular complexity index is 1020. The zero-order valence-electron chi connectivity index (χ0n) is 14.9. The van der Waals surface area contributed by atoms with Crippen LogP contribution in [-0.2, 0) is 0 Å². The first kappa shape index (κ1) is 18.1. The van der Waals surface area contributed by atoms with Crippen LogP contribution < -0.4 is 5.43 Å². The highest BCUT2D eigenvalue weighted by Crippen LogP contribution is 2.20. The van der Waals surface area contributed by atoms with Crippen LogP contribution in [0.2, 0.25) is 0 Å². The molecule has 136 valence electrons. The Morgan fingerprint density at radius 2 is 1.81 bits per heavy atom. The summed E-state index contributed by atoms with van der Waals surface area (Å²) in [6.45, 7) is 4.06. The van der Waals surface area contributed by atoms with E-state index in [0.29, 0.717) is 17.0 Å². The van der Waals surface area contributed by atoms with Crippen LogP contribution in [-0.4, -0.2) is 33.4 Å². The number of aryl methyl sites for hydroxylation is 2. The number of hydrazone groups is 1. The van der Waals surface area contributed by atoms with E-state index in [1.54, 1.807) is 18.2 Å². The van der Waals surface area contributed by atoms with Crippen LogP contribution in [0, 0.1) is 13.8 Å². The van der Waals surface area contributed by atoms with Crippen molar-refractivity contribution < 1.29 is 14.7 Å². The van der Waals surface area contributed by atoms with Gasteiger partial charge in [0.15, 0.2) is 0 Å². The number of H-pyrrole nitrogens is 1. The number of rotatable bonds is 5. The van der Waals surface area contributed by atoms with Gasteiger partial charge in [-0.05, 0) is 54.8 Å². The Morgan fingerprint density at radius 3 is 2.48 bits per heavy atom. The summed E-state index contributed by atoms with van der Waals surface area (Å²) in [5, 5.41) is 19.6. The molecule has 3 N–H and O–H groups in total. The molecule has 0 spiro atoms. The molecule has 3 aromatic rings. The Hall–Kier alpha value is -3.74. The van der Waals surface area contributed by atoms with Gasteiger partial charge in [0.2, 0.25) is 0 Å². The van der Waals surface area contributed by atoms with Crippen molar-refractivity contribution in [1.82, 2.24) is 15.6 Å². The van der Waals surface area contributed by atoms with Gasteiger partial charge in [0.05, 0.1) is 17.5 Å². The molecule has 27 heavy (non-hydrogen) atoms. The number of carbonyl (C=O) groups excluding carboxylic acids is 1. The molecule has 0 saturated heterocycles. The van der Waals surface area contributed by atoms with Crippen LogP contribution in [0.5, 0.6) is 0 Å². The highest BCUT2D eigenvalue weighted by atomic mass is 16.4. The van der Waals surface area contributed by atoms with Crippen molar-refractivity contribution in [3.63, 3.8) is 0 Å². The number of benzene rings is 2. The minimum Gasteiger partial charge on any atom is -0.478 e. The first-order valence-electron chi connectivity index (χ1n) is 8.24. The minimum absolute atomic E-state index is 0.188. The van der Waals surface area contributed by atoms with Crippen LogP contribution in [0.15, 0.2) is 53.6 Å². The summed E-state index contributed by atoms with van der Waals surface area (Å²) in [5.74, 6) is -1.42. The molecular formula is C20H18N4O3. The van der Waals surface area contributed by atoms with Gasteiger partial charge in [-0.2, -0.15) is 10.2 Å². The van der Waals surface area contributed by atoms with Crippen LogP contribution in [0.1, 0.15) is 37.5 Å². The number of aromatic amines is 1. The fourth-order valence-electron chi connectivity index (χ4n) is 2.42. The lowest BCUT2D eigenvalue weighted by Crippen LogP contribution is -2.18. The van der Waals surface area contributed by atoms with E-state index in [1.165, 1.54) is 23.9 Å². The van der Waals surface area contributed by atoms with Crippen molar-refractivity contribution in [2.24, 2.45) is 5.10 Å². The molecule has 7 heteroatoms. The third kappa shape index (κ3) is 4.27. The summed E-state index contributed by atoms with van der Waals surface area (Å²) in [5.41, 5.74) is 7.51. The summed E-state index contributed by atoms with van der Waals surface area (Å²) in [7, 11) is 0. The van der Waals surface area contributed by atoms with Crippen LogP contribution >= 0.6 is 0 Å². The number of hydrogen-bond acceptors (Lipinski definition) is 4. The Kier molecular flexibility index (Phi) is 5.12. The summed E-state index contributed by atoms with van der Waals surface area (Å²) in [4.78, 5) is 23.0. The second-order valence-electron chi connectivity index (χ2n) is 6.09. The Balaban J connectivity index is 1.65. The van der Waals surface area contributed by atoms with Crippen molar-refractivity contribution in [3.8, 4) is 11.3 Å². The molecule has 1 amide bonds. The maximum atomic E-state index is 12.2. The van der Waals surface area contributed by atoms with Gasteiger partial charge in [-0.1, -0.05) is 24.3 Å². The Morgan fingerprint density at radius 1 is 1.07 bits per heavy atom. The number of hydrogen-bond donors (Lipinski definition) is 3. The molecule has 0 aliphatic heterocycles. The molecule has 0 saturated carbocycles. The SMILES string of the molecule is Cc1ccc(-c2cc(C(=O)N/N=C\c3ccc(C(=O)O)cc3)[nH]n2)cc1C. The number of nitrogens with zero attached hydrogens (tertiary/aromatic N) is 2. The largest absolute Gasteiger partial charge is 0.478 e. The molecule has 0 aliphatic carbocycles. The fraction of sp³-hybridized carbons (Fsp3) is 0.100. The number of nitrogens with one attached hydrogen (secondary N) is 2. The molecule has 0 fully saturated rings. The van der Waals surface area contributed by atoms with E-state index < -0.39 is 11.9 Å². The summed E-state index contributed by atoms with van der Waals surface area (Å²) >= 11 is 0. The molecule has 3 rings (SSSR count). The number of aromatic carboxylic acids is 1. The summed E-state index contributed by atoms with van der Waals surface area (Å²) in [6.07, 6.45) is 1.43. The highest BCUT2D eigenvalue weighted by molar-refractivity contribution is 5.94. The van der Waals surface area contributed by atoms with Crippen LogP contribution in [0.4, 0.5) is 0 Å². The van der Waals surface area contributed by atoms with Gasteiger partial charge in [0, 0.05) is 5.56 Å². The maximum Gasteiger partial charge on any atom is 0.335 e. The molecule has 2 aromatic carbocycles. The van der Waals surface area contributed by atoms with Gasteiger partial charge < -0.3 is 5.11 Å². The van der Waals surface area contributed by atoms with Crippen molar-refractivity contribution in [1.29, 1.82) is 0 Å². The predicted octanol–water partition coefficient (Wildman–Crippen LogP) is 3.16. The number of carbonyl (C=O) groups is 2. The normalized spacial score (nSPS) is 10.9. The minimum atomic E-state index is -0.995. The first-order chi connectivity index (χ1) is 12.9. The topological polar surface area (TPSA) is 107 Å². The van der Waals surface area contributed by atoms with Crippen molar-refractivity contribution in [3.05, 3.63) is 76.5 Å². The smallest absolute Gasteiger partial charge is 0.335 e. The van der Waals surface area contributed by atoms with Gasteiger partial charge in [0.25, 0.3) is 5.91 Å². The third-order valence-electron chi connectivity index (χ3n) is 4.16. The van der Waals surface area contributed by atoms with Crippen molar-refractivity contribution in [2.75, 3.05) is 0 Å². The molecule has 0 unspecified atom stereocenters. The third-order valence-corrected chi connectivity index (χ3v) is 4.16. The second-order valence-corrected chi connectivity index (χ2v) is 6.09. The fourth-order valence-corrected chi connectivity index (χ4v) is 2.42. The van der Waals surface area contributed by atoms with Gasteiger partial charge in [-0.3, -0.25) is 9.89 Å². The zero-order chi connectivity index (χ0) is 19.4. The molecule has 0 radical (unpaired) electrons. The summed E-state index contributed by atoms with van der Waals surface area (Å²) < 4.78 is 0. The number of aromatic nitrogens is 2. The van der Waals surface area contributed by atoms with E-state index in [-0.39, 0.29) is 5.56 Å². The van der Waals surface area contributed by atoms with E-state index in [0.717, 1.165) is 11.1 Å². The first-order valence-corrected chi connectivity index (χ1v) is 8.24. The Labute approximate surface area is 155 Å². The average molecular weight is 362 g/mol. The number of amides is 1. The molecule has 0 aliphatic rings. The lowest BCUT2D eigenvalue weighted by Gasteiger charge is -2.01. The summed E-state index contributed by atoms with van der Waals surface area (Å²) in [6, 6.07) is 13.8. The highest BCUT2D eigenvalue weighted by Gasteiger charge is 2.11. The van der Waals surface area contributed by atoms with Crippen LogP contribution in [0.3, 0.4) is 0 Å². The van der Waals surface area contributed by atoms with E-state index >= 15 is 0 Å². The molecular weight excluding hydrogens is 344 g/mol. The van der Waals surface area contributed by atoms with E-state index in [2.05, 4.69) is 20.7 Å². The molecule has 0 bridgehead atoms. The van der Waals surface area contributed by atoms with Gasteiger partial charge in [-0.15, -0.1) is 0 Å². The lowest BCUT2D eigenvalue weighted by molar-refractivity contribution is 0.0696. The standard InChI is InChI=1S/C20H18N4O3/c1-12-3-6-16(9-13(12)2)17-10-18(23-22-17)19(25)24-21-11-14-4-7-15(8-5-14)20(26)27/h3-11H,1-2H3,(H,22,23)(H,24,25)(H,26,27)/b21-11-. The predicted molar refractivity (Wildman–Crippen MR) is 102 cm³/mol. The van der Waals surface area contributed by atoms with Crippen LogP contribution in [0.25, 0.3) is 11.3 Å². The maximum absolute atomic E-state index is 12.2. The van der Waals surface area contributed by atoms with E-state index in [4.69, 9.17) is 5.11 Å². The second kappa shape index (κ2) is 7.65. The van der Waals surface area contributed by atoms with Gasteiger partial charge in [-0.25, -0.2) is 10.2 Å².